The number of pyridine rings is 2. The fourth-order valence-electron chi connectivity index (χ4n) is 4.79. The molecule has 1 aliphatic heterocycles. The van der Waals surface area contributed by atoms with Crippen molar-refractivity contribution in [1.29, 1.82) is 0 Å². The number of nitrogens with one attached hydrogen (secondary N) is 2. The maximum Gasteiger partial charge on any atom is 0.270 e. The molecule has 0 amide bonds. The first-order valence-corrected chi connectivity index (χ1v) is 11.8. The van der Waals surface area contributed by atoms with E-state index in [2.05, 4.69) is 30.2 Å². The minimum Gasteiger partial charge on any atom is -0.371 e. The van der Waals surface area contributed by atoms with Gasteiger partial charge in [-0.1, -0.05) is 6.07 Å². The molecule has 2 fully saturated rings. The van der Waals surface area contributed by atoms with Crippen molar-refractivity contribution in [3.63, 3.8) is 0 Å². The molecular weight excluding hydrogens is 452 g/mol. The highest BCUT2D eigenvalue weighted by molar-refractivity contribution is 5.90. The highest BCUT2D eigenvalue weighted by Gasteiger charge is 2.29. The molecule has 35 heavy (non-hydrogen) atoms. The fraction of sp³-hybridized carbons (Fsp3) is 0.360. The van der Waals surface area contributed by atoms with Crippen LogP contribution in [0.25, 0.3) is 21.9 Å². The number of piperazine rings is 1. The largest absolute Gasteiger partial charge is 0.371 e. The van der Waals surface area contributed by atoms with Gasteiger partial charge in [-0.25, -0.2) is 19.3 Å². The van der Waals surface area contributed by atoms with Crippen LogP contribution in [-0.4, -0.2) is 58.1 Å². The summed E-state index contributed by atoms with van der Waals surface area (Å²) in [6.45, 7) is 2.86. The lowest BCUT2D eigenvalue weighted by Crippen LogP contribution is -2.46. The maximum atomic E-state index is 15.2. The molecule has 0 atom stereocenters. The van der Waals surface area contributed by atoms with Gasteiger partial charge >= 0.3 is 0 Å². The van der Waals surface area contributed by atoms with Gasteiger partial charge in [-0.3, -0.25) is 9.69 Å². The summed E-state index contributed by atoms with van der Waals surface area (Å²) in [5.74, 6) is -0.226. The molecule has 1 saturated carbocycles. The lowest BCUT2D eigenvalue weighted by Gasteiger charge is -2.36. The molecule has 180 valence electrons. The van der Waals surface area contributed by atoms with Crippen molar-refractivity contribution < 1.29 is 8.78 Å². The van der Waals surface area contributed by atoms with Crippen LogP contribution in [0.3, 0.4) is 0 Å². The average Bonchev–Trinajstić information content (AvgIpc) is 3.71. The smallest absolute Gasteiger partial charge is 0.270 e. The van der Waals surface area contributed by atoms with E-state index in [0.717, 1.165) is 18.2 Å². The van der Waals surface area contributed by atoms with Crippen molar-refractivity contribution in [1.82, 2.24) is 24.8 Å². The van der Waals surface area contributed by atoms with Crippen LogP contribution in [-0.2, 0) is 6.54 Å². The van der Waals surface area contributed by atoms with Gasteiger partial charge in [0, 0.05) is 62.8 Å². The van der Waals surface area contributed by atoms with E-state index >= 15 is 4.39 Å². The Balaban J connectivity index is 1.18. The van der Waals surface area contributed by atoms with Gasteiger partial charge in [-0.15, -0.1) is 0 Å². The molecule has 3 aromatic heterocycles. The normalized spacial score (nSPS) is 16.8. The van der Waals surface area contributed by atoms with Crippen LogP contribution in [0.1, 0.15) is 30.0 Å². The number of aromatic amines is 1. The summed E-state index contributed by atoms with van der Waals surface area (Å²) in [6.07, 6.45) is 3.59. The van der Waals surface area contributed by atoms with Gasteiger partial charge in [-0.05, 0) is 31.0 Å². The third-order valence-electron chi connectivity index (χ3n) is 6.89. The quantitative estimate of drug-likeness (QED) is 0.426. The summed E-state index contributed by atoms with van der Waals surface area (Å²) in [5.41, 5.74) is 2.32. The molecule has 4 heterocycles. The Bertz CT molecular complexity index is 1490. The topological polar surface area (TPSA) is 90.0 Å². The van der Waals surface area contributed by atoms with E-state index in [4.69, 9.17) is 0 Å². The number of hydrogen-bond acceptors (Lipinski definition) is 7. The van der Waals surface area contributed by atoms with Crippen molar-refractivity contribution in [2.45, 2.75) is 25.3 Å². The molecule has 4 aromatic rings. The molecule has 1 saturated heterocycles. The van der Waals surface area contributed by atoms with Gasteiger partial charge < -0.3 is 15.2 Å². The van der Waals surface area contributed by atoms with Gasteiger partial charge in [0.2, 0.25) is 5.95 Å². The molecule has 0 unspecified atom stereocenters. The van der Waals surface area contributed by atoms with E-state index in [1.807, 2.05) is 11.0 Å². The number of fused-ring (bicyclic) bond motifs is 2. The van der Waals surface area contributed by atoms with Crippen molar-refractivity contribution in [3.8, 4) is 0 Å². The van der Waals surface area contributed by atoms with Crippen molar-refractivity contribution >= 4 is 33.4 Å². The molecule has 8 nitrogen and oxygen atoms in total. The third-order valence-corrected chi connectivity index (χ3v) is 6.89. The Kier molecular flexibility index (Phi) is 5.32. The molecule has 0 radical (unpaired) electrons. The second-order valence-corrected chi connectivity index (χ2v) is 9.20. The summed E-state index contributed by atoms with van der Waals surface area (Å²) in [6, 6.07) is 7.14. The number of halogens is 2. The van der Waals surface area contributed by atoms with Crippen LogP contribution in [0.2, 0.25) is 0 Å². The van der Waals surface area contributed by atoms with Gasteiger partial charge in [0.05, 0.1) is 11.2 Å². The zero-order valence-electron chi connectivity index (χ0n) is 19.3. The number of anilines is 2. The second-order valence-electron chi connectivity index (χ2n) is 9.20. The van der Waals surface area contributed by atoms with Crippen molar-refractivity contribution in [3.05, 3.63) is 63.8 Å². The Morgan fingerprint density at radius 2 is 1.91 bits per heavy atom. The Labute approximate surface area is 200 Å². The predicted octanol–water partition coefficient (Wildman–Crippen LogP) is 3.39. The Morgan fingerprint density at radius 1 is 1.11 bits per heavy atom. The molecule has 1 aromatic carbocycles. The number of hydrogen-bond donors (Lipinski definition) is 2. The Hall–Kier alpha value is -3.66. The van der Waals surface area contributed by atoms with Crippen LogP contribution >= 0.6 is 0 Å². The molecule has 0 bridgehead atoms. The van der Waals surface area contributed by atoms with E-state index in [1.54, 1.807) is 31.4 Å². The molecule has 2 aliphatic rings. The van der Waals surface area contributed by atoms with E-state index < -0.39 is 11.8 Å². The molecule has 1 aliphatic carbocycles. The maximum absolute atomic E-state index is 15.2. The zero-order valence-corrected chi connectivity index (χ0v) is 19.3. The summed E-state index contributed by atoms with van der Waals surface area (Å²) >= 11 is 0. The predicted molar refractivity (Wildman–Crippen MR) is 131 cm³/mol. The molecule has 2 N–H and O–H groups in total. The van der Waals surface area contributed by atoms with Crippen molar-refractivity contribution in [2.75, 3.05) is 43.4 Å². The zero-order chi connectivity index (χ0) is 24.1. The minimum atomic E-state index is -0.530. The lowest BCUT2D eigenvalue weighted by atomic mass is 10.1. The van der Waals surface area contributed by atoms with Crippen molar-refractivity contribution in [2.24, 2.45) is 0 Å². The summed E-state index contributed by atoms with van der Waals surface area (Å²) in [5, 5.41) is 3.75. The minimum absolute atomic E-state index is 0.162. The van der Waals surface area contributed by atoms with Gasteiger partial charge in [0.15, 0.2) is 11.6 Å². The molecule has 0 spiro atoms. The van der Waals surface area contributed by atoms with Crippen LogP contribution in [0.5, 0.6) is 0 Å². The second kappa shape index (κ2) is 8.53. The average molecular weight is 478 g/mol. The fourth-order valence-corrected chi connectivity index (χ4v) is 4.79. The molecule has 6 rings (SSSR count). The first-order chi connectivity index (χ1) is 17.0. The van der Waals surface area contributed by atoms with E-state index in [1.165, 1.54) is 0 Å². The third kappa shape index (κ3) is 3.97. The first-order valence-electron chi connectivity index (χ1n) is 11.8. The SMILES string of the molecule is CNc1nccc2cc(N3CCN(Cc4ccc5nc(C6CC6)c(=O)[nH]c5c4F)CC3)c(F)nc12. The van der Waals surface area contributed by atoms with Crippen LogP contribution in [0, 0.1) is 11.8 Å². The first kappa shape index (κ1) is 21.8. The summed E-state index contributed by atoms with van der Waals surface area (Å²) in [4.78, 5) is 31.9. The van der Waals surface area contributed by atoms with Crippen LogP contribution in [0.4, 0.5) is 20.3 Å². The Morgan fingerprint density at radius 3 is 2.66 bits per heavy atom. The number of benzene rings is 1. The molecule has 10 heteroatoms. The standard InChI is InChI=1S/C25H25F2N7O/c1-28-24-20-15(6-7-29-24)12-18(23(27)31-20)34-10-8-33(9-11-34)13-16-4-5-17-22(19(16)26)32-25(35)21(30-17)14-2-3-14/h4-7,12,14H,2-3,8-11,13H2,1H3,(H,28,29)(H,32,35). The monoisotopic (exact) mass is 477 g/mol. The van der Waals surface area contributed by atoms with E-state index in [9.17, 15) is 9.18 Å². The number of aromatic nitrogens is 4. The number of rotatable bonds is 5. The van der Waals surface area contributed by atoms with E-state index in [-0.39, 0.29) is 17.0 Å². The summed E-state index contributed by atoms with van der Waals surface area (Å²) in [7, 11) is 1.73. The summed E-state index contributed by atoms with van der Waals surface area (Å²) < 4.78 is 30.1. The van der Waals surface area contributed by atoms with E-state index in [0.29, 0.717) is 66.5 Å². The van der Waals surface area contributed by atoms with Crippen LogP contribution in [0.15, 0.2) is 35.3 Å². The van der Waals surface area contributed by atoms with Gasteiger partial charge in [-0.2, -0.15) is 4.39 Å². The van der Waals surface area contributed by atoms with Crippen LogP contribution < -0.4 is 15.8 Å². The van der Waals surface area contributed by atoms with Gasteiger partial charge in [0.25, 0.3) is 5.56 Å². The lowest BCUT2D eigenvalue weighted by molar-refractivity contribution is 0.246. The highest BCUT2D eigenvalue weighted by atomic mass is 19.1. The highest BCUT2D eigenvalue weighted by Crippen LogP contribution is 2.37. The number of nitrogens with zero attached hydrogens (tertiary/aromatic N) is 5. The van der Waals surface area contributed by atoms with Gasteiger partial charge in [0.1, 0.15) is 16.7 Å². The number of H-pyrrole nitrogens is 1. The molecular formula is C25H25F2N7O.